The molecule has 2 rings (SSSR count). The second kappa shape index (κ2) is 7.39. The molecule has 0 radical (unpaired) electrons. The van der Waals surface area contributed by atoms with Crippen LogP contribution in [0, 0.1) is 5.92 Å². The SMILES string of the molecule is CCNC(c1ccc(CC(C)C)cc1)c1sccc1Br. The van der Waals surface area contributed by atoms with Gasteiger partial charge in [0.15, 0.2) is 0 Å². The van der Waals surface area contributed by atoms with Crippen molar-refractivity contribution in [2.75, 3.05) is 6.54 Å². The third kappa shape index (κ3) is 3.94. The fraction of sp³-hybridized carbons (Fsp3) is 0.412. The van der Waals surface area contributed by atoms with Gasteiger partial charge in [-0.1, -0.05) is 45.0 Å². The Morgan fingerprint density at radius 1 is 1.15 bits per heavy atom. The maximum Gasteiger partial charge on any atom is 0.0682 e. The summed E-state index contributed by atoms with van der Waals surface area (Å²) in [5, 5.41) is 5.72. The molecule has 1 aromatic carbocycles. The van der Waals surface area contributed by atoms with Crippen molar-refractivity contribution >= 4 is 27.3 Å². The van der Waals surface area contributed by atoms with Crippen molar-refractivity contribution in [2.45, 2.75) is 33.2 Å². The van der Waals surface area contributed by atoms with Crippen LogP contribution in [-0.2, 0) is 6.42 Å². The number of benzene rings is 1. The fourth-order valence-electron chi connectivity index (χ4n) is 2.40. The van der Waals surface area contributed by atoms with Crippen LogP contribution in [0.2, 0.25) is 0 Å². The van der Waals surface area contributed by atoms with Crippen molar-refractivity contribution in [1.82, 2.24) is 5.32 Å². The lowest BCUT2D eigenvalue weighted by Crippen LogP contribution is -2.21. The van der Waals surface area contributed by atoms with E-state index in [1.807, 2.05) is 0 Å². The molecule has 0 bridgehead atoms. The molecule has 3 heteroatoms. The zero-order valence-electron chi connectivity index (χ0n) is 12.3. The summed E-state index contributed by atoms with van der Waals surface area (Å²) in [5.74, 6) is 0.705. The predicted molar refractivity (Wildman–Crippen MR) is 92.5 cm³/mol. The molecule has 1 atom stereocenters. The highest BCUT2D eigenvalue weighted by molar-refractivity contribution is 9.10. The fourth-order valence-corrected chi connectivity index (χ4v) is 4.10. The van der Waals surface area contributed by atoms with E-state index in [2.05, 4.69) is 77.7 Å². The third-order valence-electron chi connectivity index (χ3n) is 3.27. The quantitative estimate of drug-likeness (QED) is 0.733. The second-order valence-electron chi connectivity index (χ2n) is 5.46. The summed E-state index contributed by atoms with van der Waals surface area (Å²) in [6, 6.07) is 11.5. The minimum absolute atomic E-state index is 0.280. The molecule has 1 heterocycles. The first-order valence-corrected chi connectivity index (χ1v) is 8.84. The van der Waals surface area contributed by atoms with Crippen LogP contribution in [0.5, 0.6) is 0 Å². The van der Waals surface area contributed by atoms with E-state index in [0.717, 1.165) is 13.0 Å². The van der Waals surface area contributed by atoms with E-state index in [0.29, 0.717) is 5.92 Å². The molecule has 0 aliphatic carbocycles. The average Bonchev–Trinajstić information content (AvgIpc) is 2.83. The van der Waals surface area contributed by atoms with Gasteiger partial charge in [0.2, 0.25) is 0 Å². The van der Waals surface area contributed by atoms with Crippen molar-refractivity contribution in [3.63, 3.8) is 0 Å². The van der Waals surface area contributed by atoms with E-state index in [-0.39, 0.29) is 6.04 Å². The Balaban J connectivity index is 2.24. The summed E-state index contributed by atoms with van der Waals surface area (Å²) >= 11 is 5.45. The van der Waals surface area contributed by atoms with Gasteiger partial charge < -0.3 is 5.32 Å². The molecule has 0 saturated heterocycles. The molecule has 0 aliphatic heterocycles. The number of hydrogen-bond donors (Lipinski definition) is 1. The number of hydrogen-bond acceptors (Lipinski definition) is 2. The standard InChI is InChI=1S/C17H22BrNS/c1-4-19-16(17-15(18)9-10-20-17)14-7-5-13(6-8-14)11-12(2)3/h5-10,12,16,19H,4,11H2,1-3H3. The highest BCUT2D eigenvalue weighted by atomic mass is 79.9. The van der Waals surface area contributed by atoms with Crippen LogP contribution in [-0.4, -0.2) is 6.54 Å². The molecule has 0 fully saturated rings. The van der Waals surface area contributed by atoms with Crippen LogP contribution in [0.15, 0.2) is 40.2 Å². The van der Waals surface area contributed by atoms with E-state index in [1.54, 1.807) is 11.3 Å². The molecule has 0 aliphatic rings. The Labute approximate surface area is 134 Å². The Morgan fingerprint density at radius 2 is 1.85 bits per heavy atom. The van der Waals surface area contributed by atoms with Crippen molar-refractivity contribution in [3.8, 4) is 0 Å². The topological polar surface area (TPSA) is 12.0 Å². The van der Waals surface area contributed by atoms with Crippen LogP contribution in [0.1, 0.15) is 42.8 Å². The molecule has 2 aromatic rings. The maximum atomic E-state index is 3.65. The Kier molecular flexibility index (Phi) is 5.82. The molecule has 20 heavy (non-hydrogen) atoms. The van der Waals surface area contributed by atoms with Gasteiger partial charge >= 0.3 is 0 Å². The lowest BCUT2D eigenvalue weighted by Gasteiger charge is -2.18. The second-order valence-corrected chi connectivity index (χ2v) is 7.27. The van der Waals surface area contributed by atoms with Crippen LogP contribution >= 0.6 is 27.3 Å². The zero-order valence-corrected chi connectivity index (χ0v) is 14.7. The van der Waals surface area contributed by atoms with Crippen molar-refractivity contribution < 1.29 is 0 Å². The van der Waals surface area contributed by atoms with E-state index in [1.165, 1.54) is 20.5 Å². The average molecular weight is 352 g/mol. The minimum atomic E-state index is 0.280. The summed E-state index contributed by atoms with van der Waals surface area (Å²) in [6.45, 7) is 7.64. The molecule has 0 amide bonds. The first-order chi connectivity index (χ1) is 9.61. The normalized spacial score (nSPS) is 12.8. The highest BCUT2D eigenvalue weighted by Gasteiger charge is 2.17. The van der Waals surface area contributed by atoms with Crippen molar-refractivity contribution in [2.24, 2.45) is 5.92 Å². The van der Waals surface area contributed by atoms with E-state index >= 15 is 0 Å². The monoisotopic (exact) mass is 351 g/mol. The van der Waals surface area contributed by atoms with Gasteiger partial charge in [-0.3, -0.25) is 0 Å². The molecule has 1 N–H and O–H groups in total. The molecular formula is C17H22BrNS. The van der Waals surface area contributed by atoms with E-state index in [4.69, 9.17) is 0 Å². The Bertz CT molecular complexity index is 530. The number of thiophene rings is 1. The lowest BCUT2D eigenvalue weighted by molar-refractivity contribution is 0.633. The van der Waals surface area contributed by atoms with Crippen LogP contribution < -0.4 is 5.32 Å². The molecule has 0 saturated carbocycles. The van der Waals surface area contributed by atoms with E-state index in [9.17, 15) is 0 Å². The largest absolute Gasteiger partial charge is 0.306 e. The number of halogens is 1. The van der Waals surface area contributed by atoms with E-state index < -0.39 is 0 Å². The van der Waals surface area contributed by atoms with Gasteiger partial charge in [-0.2, -0.15) is 0 Å². The molecule has 1 aromatic heterocycles. The van der Waals surface area contributed by atoms with Crippen LogP contribution in [0.4, 0.5) is 0 Å². The van der Waals surface area contributed by atoms with Gasteiger partial charge in [-0.25, -0.2) is 0 Å². The third-order valence-corrected chi connectivity index (χ3v) is 5.21. The van der Waals surface area contributed by atoms with Gasteiger partial charge in [-0.15, -0.1) is 11.3 Å². The first-order valence-electron chi connectivity index (χ1n) is 7.17. The molecule has 0 spiro atoms. The zero-order chi connectivity index (χ0) is 14.5. The maximum absolute atomic E-state index is 3.65. The Morgan fingerprint density at radius 3 is 2.35 bits per heavy atom. The van der Waals surface area contributed by atoms with Crippen LogP contribution in [0.25, 0.3) is 0 Å². The van der Waals surface area contributed by atoms with Gasteiger partial charge in [-0.05, 0) is 57.4 Å². The molecule has 108 valence electrons. The smallest absolute Gasteiger partial charge is 0.0682 e. The summed E-state index contributed by atoms with van der Waals surface area (Å²) in [4.78, 5) is 1.35. The van der Waals surface area contributed by atoms with Gasteiger partial charge in [0.05, 0.1) is 6.04 Å². The molecular weight excluding hydrogens is 330 g/mol. The number of nitrogens with one attached hydrogen (secondary N) is 1. The minimum Gasteiger partial charge on any atom is -0.306 e. The van der Waals surface area contributed by atoms with Crippen molar-refractivity contribution in [1.29, 1.82) is 0 Å². The summed E-state index contributed by atoms with van der Waals surface area (Å²) < 4.78 is 1.19. The summed E-state index contributed by atoms with van der Waals surface area (Å²) in [5.41, 5.74) is 2.76. The van der Waals surface area contributed by atoms with Gasteiger partial charge in [0.1, 0.15) is 0 Å². The van der Waals surface area contributed by atoms with Gasteiger partial charge in [0.25, 0.3) is 0 Å². The Hall–Kier alpha value is -0.640. The lowest BCUT2D eigenvalue weighted by atomic mass is 9.99. The number of rotatable bonds is 6. The highest BCUT2D eigenvalue weighted by Crippen LogP contribution is 2.33. The summed E-state index contributed by atoms with van der Waals surface area (Å²) in [7, 11) is 0. The predicted octanol–water partition coefficient (Wildman–Crippen LogP) is 5.41. The summed E-state index contributed by atoms with van der Waals surface area (Å²) in [6.07, 6.45) is 1.15. The molecule has 1 unspecified atom stereocenters. The van der Waals surface area contributed by atoms with Gasteiger partial charge in [0, 0.05) is 9.35 Å². The van der Waals surface area contributed by atoms with Crippen molar-refractivity contribution in [3.05, 3.63) is 56.2 Å². The first kappa shape index (κ1) is 15.7. The molecule has 1 nitrogen and oxygen atoms in total. The van der Waals surface area contributed by atoms with Crippen LogP contribution in [0.3, 0.4) is 0 Å².